The van der Waals surface area contributed by atoms with Crippen LogP contribution in [0.3, 0.4) is 0 Å². The van der Waals surface area contributed by atoms with Gasteiger partial charge in [0.05, 0.1) is 6.61 Å². The van der Waals surface area contributed by atoms with Crippen LogP contribution in [-0.2, 0) is 6.42 Å². The van der Waals surface area contributed by atoms with Crippen molar-refractivity contribution in [2.24, 2.45) is 0 Å². The highest BCUT2D eigenvalue weighted by Gasteiger charge is 2.26. The van der Waals surface area contributed by atoms with Crippen molar-refractivity contribution in [3.05, 3.63) is 29.8 Å². The lowest BCUT2D eigenvalue weighted by atomic mass is 9.96. The summed E-state index contributed by atoms with van der Waals surface area (Å²) in [5.41, 5.74) is 2.39. The van der Waals surface area contributed by atoms with Crippen molar-refractivity contribution in [3.8, 4) is 11.5 Å². The van der Waals surface area contributed by atoms with Gasteiger partial charge in [0.1, 0.15) is 5.76 Å². The monoisotopic (exact) mass is 174 g/mol. The highest BCUT2D eigenvalue weighted by atomic mass is 16.5. The number of hydrogen-bond acceptors (Lipinski definition) is 2. The van der Waals surface area contributed by atoms with Gasteiger partial charge < -0.3 is 9.47 Å². The van der Waals surface area contributed by atoms with Gasteiger partial charge in [0.2, 0.25) is 0 Å². The molecule has 0 spiro atoms. The molecular formula is C11H10O2. The van der Waals surface area contributed by atoms with Crippen molar-refractivity contribution in [1.29, 1.82) is 0 Å². The first-order chi connectivity index (χ1) is 6.36. The Hall–Kier alpha value is -1.44. The fourth-order valence-electron chi connectivity index (χ4n) is 1.97. The molecule has 2 bridgehead atoms. The van der Waals surface area contributed by atoms with Crippen LogP contribution in [0.15, 0.2) is 18.7 Å². The zero-order valence-electron chi connectivity index (χ0n) is 7.30. The van der Waals surface area contributed by atoms with Crippen LogP contribution in [0.2, 0.25) is 0 Å². The van der Waals surface area contributed by atoms with E-state index < -0.39 is 0 Å². The van der Waals surface area contributed by atoms with E-state index in [1.54, 1.807) is 0 Å². The third kappa shape index (κ3) is 0.829. The average molecular weight is 174 g/mol. The fraction of sp³-hybridized carbons (Fsp3) is 0.273. The second kappa shape index (κ2) is 2.28. The molecule has 0 saturated heterocycles. The van der Waals surface area contributed by atoms with E-state index in [1.807, 2.05) is 6.07 Å². The van der Waals surface area contributed by atoms with Crippen LogP contribution in [0.25, 0.3) is 5.76 Å². The first kappa shape index (κ1) is 7.01. The third-order valence-electron chi connectivity index (χ3n) is 2.58. The lowest BCUT2D eigenvalue weighted by Gasteiger charge is -2.28. The molecule has 1 aromatic rings. The Labute approximate surface area is 76.8 Å². The summed E-state index contributed by atoms with van der Waals surface area (Å²) in [6.07, 6.45) is 2.18. The maximum absolute atomic E-state index is 5.57. The molecule has 3 aliphatic heterocycles. The Bertz CT molecular complexity index is 393. The van der Waals surface area contributed by atoms with Crippen LogP contribution in [0.5, 0.6) is 11.5 Å². The van der Waals surface area contributed by atoms with Gasteiger partial charge in [-0.05, 0) is 25.0 Å². The predicted molar refractivity (Wildman–Crippen MR) is 49.9 cm³/mol. The number of fused-ring (bicyclic) bond motifs is 2. The topological polar surface area (TPSA) is 18.5 Å². The van der Waals surface area contributed by atoms with Gasteiger partial charge in [-0.25, -0.2) is 0 Å². The molecule has 0 saturated carbocycles. The molecule has 66 valence electrons. The van der Waals surface area contributed by atoms with Gasteiger partial charge in [0.15, 0.2) is 11.5 Å². The highest BCUT2D eigenvalue weighted by Crippen LogP contribution is 2.44. The van der Waals surface area contributed by atoms with Crippen molar-refractivity contribution in [2.45, 2.75) is 12.8 Å². The van der Waals surface area contributed by atoms with Gasteiger partial charge in [-0.3, -0.25) is 0 Å². The number of hydrogen-bond donors (Lipinski definition) is 0. The molecule has 0 unspecified atom stereocenters. The Morgan fingerprint density at radius 1 is 1.31 bits per heavy atom. The first-order valence-electron chi connectivity index (χ1n) is 4.52. The minimum Gasteiger partial charge on any atom is -0.489 e. The van der Waals surface area contributed by atoms with Crippen molar-refractivity contribution in [3.63, 3.8) is 0 Å². The van der Waals surface area contributed by atoms with Crippen LogP contribution < -0.4 is 9.47 Å². The second-order valence-electron chi connectivity index (χ2n) is 3.40. The van der Waals surface area contributed by atoms with E-state index in [-0.39, 0.29) is 0 Å². The van der Waals surface area contributed by atoms with Gasteiger partial charge >= 0.3 is 0 Å². The minimum absolute atomic E-state index is 0.766. The molecule has 0 radical (unpaired) electrons. The maximum atomic E-state index is 5.57. The van der Waals surface area contributed by atoms with Crippen LogP contribution in [-0.4, -0.2) is 6.61 Å². The van der Waals surface area contributed by atoms with E-state index in [2.05, 4.69) is 12.6 Å². The summed E-state index contributed by atoms with van der Waals surface area (Å²) in [6, 6.07) is 4.02. The van der Waals surface area contributed by atoms with Crippen molar-refractivity contribution in [1.82, 2.24) is 0 Å². The van der Waals surface area contributed by atoms with Crippen LogP contribution >= 0.6 is 0 Å². The van der Waals surface area contributed by atoms with Gasteiger partial charge in [0.25, 0.3) is 0 Å². The maximum Gasteiger partial charge on any atom is 0.169 e. The Kier molecular flexibility index (Phi) is 1.23. The summed E-state index contributed by atoms with van der Waals surface area (Å²) < 4.78 is 11.0. The van der Waals surface area contributed by atoms with Gasteiger partial charge in [-0.15, -0.1) is 0 Å². The molecule has 2 nitrogen and oxygen atoms in total. The van der Waals surface area contributed by atoms with E-state index >= 15 is 0 Å². The number of rotatable bonds is 0. The molecule has 13 heavy (non-hydrogen) atoms. The molecular weight excluding hydrogens is 164 g/mol. The van der Waals surface area contributed by atoms with Crippen LogP contribution in [0, 0.1) is 0 Å². The zero-order valence-corrected chi connectivity index (χ0v) is 7.30. The summed E-state index contributed by atoms with van der Waals surface area (Å²) >= 11 is 0. The molecule has 0 aliphatic carbocycles. The molecule has 0 atom stereocenters. The van der Waals surface area contributed by atoms with Gasteiger partial charge in [0, 0.05) is 11.1 Å². The van der Waals surface area contributed by atoms with E-state index in [4.69, 9.17) is 9.47 Å². The summed E-state index contributed by atoms with van der Waals surface area (Å²) in [4.78, 5) is 0. The Balaban J connectivity index is 2.29. The molecule has 3 heterocycles. The predicted octanol–water partition coefficient (Wildman–Crippen LogP) is 2.37. The fourth-order valence-corrected chi connectivity index (χ4v) is 1.97. The summed E-state index contributed by atoms with van der Waals surface area (Å²) in [5.74, 6) is 2.53. The van der Waals surface area contributed by atoms with E-state index in [9.17, 15) is 0 Å². The second-order valence-corrected chi connectivity index (χ2v) is 3.40. The smallest absolute Gasteiger partial charge is 0.169 e. The average Bonchev–Trinajstić information content (AvgIpc) is 2.19. The van der Waals surface area contributed by atoms with Crippen molar-refractivity contribution >= 4 is 5.76 Å². The van der Waals surface area contributed by atoms with Crippen LogP contribution in [0.4, 0.5) is 0 Å². The number of ether oxygens (including phenoxy) is 2. The molecule has 0 amide bonds. The first-order valence-corrected chi connectivity index (χ1v) is 4.52. The van der Waals surface area contributed by atoms with E-state index in [1.165, 1.54) is 5.56 Å². The minimum atomic E-state index is 0.766. The quantitative estimate of drug-likeness (QED) is 0.601. The van der Waals surface area contributed by atoms with Crippen molar-refractivity contribution < 1.29 is 9.47 Å². The summed E-state index contributed by atoms with van der Waals surface area (Å²) in [6.45, 7) is 4.67. The van der Waals surface area contributed by atoms with E-state index in [0.717, 1.165) is 42.3 Å². The molecule has 0 N–H and O–H groups in total. The van der Waals surface area contributed by atoms with Crippen LogP contribution in [0.1, 0.15) is 17.5 Å². The molecule has 4 rings (SSSR count). The normalized spacial score (nSPS) is 17.7. The largest absolute Gasteiger partial charge is 0.489 e. The zero-order chi connectivity index (χ0) is 8.84. The SMILES string of the molecule is C=C1Oc2ccc1c1c2OCCC1. The van der Waals surface area contributed by atoms with Crippen molar-refractivity contribution in [2.75, 3.05) is 6.61 Å². The number of benzene rings is 1. The summed E-state index contributed by atoms with van der Waals surface area (Å²) in [5, 5.41) is 0. The van der Waals surface area contributed by atoms with Gasteiger partial charge in [-0.2, -0.15) is 0 Å². The lowest BCUT2D eigenvalue weighted by Crippen LogP contribution is -2.16. The molecule has 0 aromatic heterocycles. The van der Waals surface area contributed by atoms with E-state index in [0.29, 0.717) is 0 Å². The standard InChI is InChI=1S/C11H10O2/c1-7-8-4-5-10(13-7)11-9(8)3-2-6-12-11/h4-5H,1-3,6H2. The summed E-state index contributed by atoms with van der Waals surface area (Å²) in [7, 11) is 0. The molecule has 0 fully saturated rings. The Morgan fingerprint density at radius 2 is 2.23 bits per heavy atom. The lowest BCUT2D eigenvalue weighted by molar-refractivity contribution is 0.272. The molecule has 3 aliphatic rings. The third-order valence-corrected chi connectivity index (χ3v) is 2.58. The molecule has 2 heteroatoms. The molecule has 1 aromatic carbocycles. The van der Waals surface area contributed by atoms with Gasteiger partial charge in [-0.1, -0.05) is 6.58 Å². The highest BCUT2D eigenvalue weighted by molar-refractivity contribution is 5.73. The Morgan fingerprint density at radius 3 is 3.08 bits per heavy atom.